The second-order valence-corrected chi connectivity index (χ2v) is 6.61. The van der Waals surface area contributed by atoms with Crippen molar-refractivity contribution in [2.45, 2.75) is 6.42 Å². The number of rotatable bonds is 3. The summed E-state index contributed by atoms with van der Waals surface area (Å²) in [5.41, 5.74) is 2.14. The van der Waals surface area contributed by atoms with Gasteiger partial charge in [-0.05, 0) is 46.1 Å². The third kappa shape index (κ3) is 3.09. The first-order valence-corrected chi connectivity index (χ1v) is 8.27. The lowest BCUT2D eigenvalue weighted by Crippen LogP contribution is -2.33. The molecule has 0 atom stereocenters. The Balaban J connectivity index is 1.72. The molecule has 1 aliphatic heterocycles. The molecule has 2 aromatic carbocycles. The van der Waals surface area contributed by atoms with Crippen LogP contribution in [0, 0.1) is 0 Å². The van der Waals surface area contributed by atoms with Gasteiger partial charge in [0, 0.05) is 17.3 Å². The van der Waals surface area contributed by atoms with Gasteiger partial charge in [-0.25, -0.2) is 0 Å². The molecule has 0 N–H and O–H groups in total. The molecule has 0 aromatic heterocycles. The second kappa shape index (κ2) is 6.49. The number of hydrogen-bond donors (Lipinski definition) is 0. The van der Waals surface area contributed by atoms with Gasteiger partial charge in [0.25, 0.3) is 5.91 Å². The minimum Gasteiger partial charge on any atom is -0.481 e. The number of nitrogens with zero attached hydrogens (tertiary/aromatic N) is 1. The van der Waals surface area contributed by atoms with Crippen molar-refractivity contribution in [3.8, 4) is 5.75 Å². The number of ether oxygens (including phenoxy) is 1. The van der Waals surface area contributed by atoms with Crippen LogP contribution in [0.4, 0.5) is 5.69 Å². The van der Waals surface area contributed by atoms with Crippen LogP contribution < -0.4 is 9.64 Å². The molecule has 0 spiro atoms. The Bertz CT molecular complexity index is 713. The fourth-order valence-electron chi connectivity index (χ4n) is 2.48. The highest BCUT2D eigenvalue weighted by Crippen LogP contribution is 2.36. The molecule has 6 heteroatoms. The first kappa shape index (κ1) is 15.7. The van der Waals surface area contributed by atoms with Gasteiger partial charge in [0.15, 0.2) is 12.4 Å². The van der Waals surface area contributed by atoms with Crippen molar-refractivity contribution in [3.63, 3.8) is 0 Å². The summed E-state index contributed by atoms with van der Waals surface area (Å²) in [5.74, 6) is 0.328. The molecule has 3 nitrogen and oxygen atoms in total. The van der Waals surface area contributed by atoms with Gasteiger partial charge in [-0.2, -0.15) is 0 Å². The van der Waals surface area contributed by atoms with Gasteiger partial charge in [0.1, 0.15) is 0 Å². The minimum atomic E-state index is -0.0946. The predicted octanol–water partition coefficient (Wildman–Crippen LogP) is 4.72. The van der Waals surface area contributed by atoms with Crippen LogP contribution in [0.2, 0.25) is 10.0 Å². The van der Waals surface area contributed by atoms with Gasteiger partial charge in [-0.1, -0.05) is 41.4 Å². The number of carbonyl (C=O) groups excluding carboxylic acids is 1. The molecular formula is C16H12BrCl2NO2. The lowest BCUT2D eigenvalue weighted by molar-refractivity contribution is -0.120. The molecule has 0 fully saturated rings. The van der Waals surface area contributed by atoms with E-state index in [2.05, 4.69) is 15.9 Å². The zero-order valence-electron chi connectivity index (χ0n) is 11.5. The molecule has 3 rings (SSSR count). The van der Waals surface area contributed by atoms with E-state index >= 15 is 0 Å². The van der Waals surface area contributed by atoms with Crippen LogP contribution in [0.5, 0.6) is 5.75 Å². The number of para-hydroxylation sites is 1. The summed E-state index contributed by atoms with van der Waals surface area (Å²) in [6.45, 7) is 0.603. The van der Waals surface area contributed by atoms with Crippen LogP contribution in [-0.4, -0.2) is 19.1 Å². The highest BCUT2D eigenvalue weighted by Gasteiger charge is 2.24. The average molecular weight is 401 g/mol. The maximum atomic E-state index is 12.4. The summed E-state index contributed by atoms with van der Waals surface area (Å²) in [6.07, 6.45) is 0.868. The van der Waals surface area contributed by atoms with E-state index in [1.165, 1.54) is 5.56 Å². The van der Waals surface area contributed by atoms with Crippen LogP contribution in [0.3, 0.4) is 0 Å². The fourth-order valence-corrected chi connectivity index (χ4v) is 3.84. The van der Waals surface area contributed by atoms with Crippen LogP contribution in [0.15, 0.2) is 40.9 Å². The van der Waals surface area contributed by atoms with Crippen LogP contribution in [0.25, 0.3) is 0 Å². The van der Waals surface area contributed by atoms with Gasteiger partial charge < -0.3 is 9.64 Å². The van der Waals surface area contributed by atoms with Gasteiger partial charge in [-0.15, -0.1) is 0 Å². The van der Waals surface area contributed by atoms with Crippen LogP contribution in [-0.2, 0) is 11.2 Å². The van der Waals surface area contributed by atoms with Crippen molar-refractivity contribution in [1.82, 2.24) is 0 Å². The lowest BCUT2D eigenvalue weighted by Gasteiger charge is -2.18. The van der Waals surface area contributed by atoms with E-state index in [0.29, 0.717) is 26.8 Å². The fraction of sp³-hybridized carbons (Fsp3) is 0.188. The zero-order valence-corrected chi connectivity index (χ0v) is 14.6. The molecule has 1 heterocycles. The molecule has 1 aliphatic rings. The monoisotopic (exact) mass is 399 g/mol. The first-order chi connectivity index (χ1) is 10.6. The number of carbonyl (C=O) groups is 1. The van der Waals surface area contributed by atoms with E-state index in [1.807, 2.05) is 24.3 Å². The third-order valence-electron chi connectivity index (χ3n) is 3.49. The number of anilines is 1. The molecule has 0 unspecified atom stereocenters. The molecule has 0 saturated heterocycles. The number of benzene rings is 2. The summed E-state index contributed by atoms with van der Waals surface area (Å²) >= 11 is 15.3. The maximum Gasteiger partial charge on any atom is 0.264 e. The Labute approximate surface area is 146 Å². The number of amides is 1. The Morgan fingerprint density at radius 1 is 1.27 bits per heavy atom. The summed E-state index contributed by atoms with van der Waals surface area (Å²) in [6, 6.07) is 11.2. The van der Waals surface area contributed by atoms with E-state index in [4.69, 9.17) is 27.9 Å². The summed E-state index contributed by atoms with van der Waals surface area (Å²) < 4.78 is 6.21. The van der Waals surface area contributed by atoms with Crippen LogP contribution >= 0.6 is 39.1 Å². The van der Waals surface area contributed by atoms with Crippen LogP contribution in [0.1, 0.15) is 5.56 Å². The van der Waals surface area contributed by atoms with E-state index in [0.717, 1.165) is 12.1 Å². The van der Waals surface area contributed by atoms with Crippen molar-refractivity contribution < 1.29 is 9.53 Å². The van der Waals surface area contributed by atoms with Crippen molar-refractivity contribution in [2.75, 3.05) is 18.1 Å². The highest BCUT2D eigenvalue weighted by molar-refractivity contribution is 9.10. The van der Waals surface area contributed by atoms with Crippen molar-refractivity contribution >= 4 is 50.7 Å². The molecule has 0 bridgehead atoms. The summed E-state index contributed by atoms with van der Waals surface area (Å²) in [7, 11) is 0. The second-order valence-electron chi connectivity index (χ2n) is 4.91. The van der Waals surface area contributed by atoms with Crippen molar-refractivity contribution in [1.29, 1.82) is 0 Å². The molecule has 0 aliphatic carbocycles. The minimum absolute atomic E-state index is 0.0751. The molecular weight excluding hydrogens is 389 g/mol. The SMILES string of the molecule is O=C(COc1c(Cl)cc(Cl)cc1Br)N1CCc2ccccc21. The van der Waals surface area contributed by atoms with E-state index in [-0.39, 0.29) is 12.5 Å². The normalized spacial score (nSPS) is 13.1. The van der Waals surface area contributed by atoms with E-state index in [9.17, 15) is 4.79 Å². The number of fused-ring (bicyclic) bond motifs is 1. The predicted molar refractivity (Wildman–Crippen MR) is 92.2 cm³/mol. The smallest absolute Gasteiger partial charge is 0.264 e. The van der Waals surface area contributed by atoms with Gasteiger partial charge in [0.05, 0.1) is 9.50 Å². The molecule has 114 valence electrons. The van der Waals surface area contributed by atoms with Crippen molar-refractivity contribution in [2.24, 2.45) is 0 Å². The zero-order chi connectivity index (χ0) is 15.7. The molecule has 2 aromatic rings. The highest BCUT2D eigenvalue weighted by atomic mass is 79.9. The maximum absolute atomic E-state index is 12.4. The number of hydrogen-bond acceptors (Lipinski definition) is 2. The first-order valence-electron chi connectivity index (χ1n) is 6.72. The lowest BCUT2D eigenvalue weighted by atomic mass is 10.2. The molecule has 0 radical (unpaired) electrons. The molecule has 22 heavy (non-hydrogen) atoms. The average Bonchev–Trinajstić information content (AvgIpc) is 2.90. The Hall–Kier alpha value is -1.23. The van der Waals surface area contributed by atoms with Crippen molar-refractivity contribution in [3.05, 3.63) is 56.5 Å². The van der Waals surface area contributed by atoms with Gasteiger partial charge in [-0.3, -0.25) is 4.79 Å². The van der Waals surface area contributed by atoms with Gasteiger partial charge >= 0.3 is 0 Å². The molecule has 1 amide bonds. The standard InChI is InChI=1S/C16H12BrCl2NO2/c17-12-7-11(18)8-13(19)16(12)22-9-15(21)20-6-5-10-3-1-2-4-14(10)20/h1-4,7-8H,5-6,9H2. The largest absolute Gasteiger partial charge is 0.481 e. The topological polar surface area (TPSA) is 29.5 Å². The Morgan fingerprint density at radius 3 is 2.82 bits per heavy atom. The Kier molecular flexibility index (Phi) is 4.62. The van der Waals surface area contributed by atoms with Gasteiger partial charge in [0.2, 0.25) is 0 Å². The summed E-state index contributed by atoms with van der Waals surface area (Å²) in [5, 5.41) is 0.873. The molecule has 0 saturated carbocycles. The third-order valence-corrected chi connectivity index (χ3v) is 4.58. The van der Waals surface area contributed by atoms with E-state index in [1.54, 1.807) is 17.0 Å². The van der Waals surface area contributed by atoms with E-state index < -0.39 is 0 Å². The Morgan fingerprint density at radius 2 is 2.05 bits per heavy atom. The summed E-state index contributed by atoms with van der Waals surface area (Å²) in [4.78, 5) is 14.1. The quantitative estimate of drug-likeness (QED) is 0.745. The number of halogens is 3.